The molecule has 0 saturated heterocycles. The second-order valence-corrected chi connectivity index (χ2v) is 9.21. The maximum atomic E-state index is 9.50. The summed E-state index contributed by atoms with van der Waals surface area (Å²) >= 11 is 2.57. The van der Waals surface area contributed by atoms with Gasteiger partial charge in [0.25, 0.3) is 0 Å². The average Bonchev–Trinajstić information content (AvgIpc) is 3.43. The van der Waals surface area contributed by atoms with E-state index in [1.54, 1.807) is 42.3 Å². The number of benzene rings is 1. The summed E-state index contributed by atoms with van der Waals surface area (Å²) in [5.41, 5.74) is 11.3. The number of anilines is 1. The summed E-state index contributed by atoms with van der Waals surface area (Å²) in [5.74, 6) is 0. The number of aromatic nitrogens is 1. The topological polar surface area (TPSA) is 97.2 Å². The van der Waals surface area contributed by atoms with E-state index in [1.165, 1.54) is 62.6 Å². The van der Waals surface area contributed by atoms with Gasteiger partial charge in [0.2, 0.25) is 0 Å². The number of thiazole rings is 1. The maximum absolute atomic E-state index is 9.50. The first-order valence-corrected chi connectivity index (χ1v) is 11.3. The van der Waals surface area contributed by atoms with E-state index < -0.39 is 5.60 Å². The Hall–Kier alpha value is -1.38. The molecule has 2 aliphatic rings. The van der Waals surface area contributed by atoms with Crippen molar-refractivity contribution >= 4 is 29.0 Å². The van der Waals surface area contributed by atoms with Gasteiger partial charge in [-0.2, -0.15) is 0 Å². The number of aliphatic hydroxyl groups is 1. The molecule has 1 aromatic heterocycles. The summed E-state index contributed by atoms with van der Waals surface area (Å²) in [7, 11) is 1.50. The van der Waals surface area contributed by atoms with Crippen LogP contribution in [0.1, 0.15) is 54.0 Å². The van der Waals surface area contributed by atoms with E-state index in [0.717, 1.165) is 16.2 Å². The van der Waals surface area contributed by atoms with Gasteiger partial charge in [-0.25, -0.2) is 4.98 Å². The quantitative estimate of drug-likeness (QED) is 0.555. The lowest BCUT2D eigenvalue weighted by Crippen LogP contribution is -2.14. The molecule has 4 rings (SSSR count). The van der Waals surface area contributed by atoms with Crippen molar-refractivity contribution in [3.05, 3.63) is 52.3 Å². The molecule has 7 heteroatoms. The number of rotatable bonds is 4. The molecule has 28 heavy (non-hydrogen) atoms. The van der Waals surface area contributed by atoms with E-state index >= 15 is 0 Å². The standard InChI is InChI=1S/C14H17N.C6H10N2OS2.CH5N/c1-2-15-14-12-7-3-5-10(12)9-11-6-4-8-13(11)14;1-6(2,9)5-8-3-4(10-5)11-7;1-2/h2,9,15H,1,3-8H2;3,9H,7H2,1-2H3;2H2,1H3. The highest BCUT2D eigenvalue weighted by Crippen LogP contribution is 2.38. The van der Waals surface area contributed by atoms with Crippen LogP contribution in [0.3, 0.4) is 0 Å². The van der Waals surface area contributed by atoms with Gasteiger partial charge >= 0.3 is 0 Å². The van der Waals surface area contributed by atoms with Crippen LogP contribution in [0.2, 0.25) is 0 Å². The van der Waals surface area contributed by atoms with Gasteiger partial charge in [0.15, 0.2) is 0 Å². The average molecular weight is 421 g/mol. The molecule has 0 aliphatic heterocycles. The summed E-state index contributed by atoms with van der Waals surface area (Å²) in [6, 6.07) is 2.46. The Bertz CT molecular complexity index is 764. The number of aryl methyl sites for hydroxylation is 2. The van der Waals surface area contributed by atoms with Crippen molar-refractivity contribution in [2.24, 2.45) is 10.9 Å². The molecule has 2 aromatic rings. The minimum Gasteiger partial charge on any atom is -0.383 e. The second kappa shape index (κ2) is 10.4. The van der Waals surface area contributed by atoms with Crippen molar-refractivity contribution in [2.75, 3.05) is 12.4 Å². The van der Waals surface area contributed by atoms with E-state index in [1.807, 2.05) is 6.20 Å². The first-order valence-electron chi connectivity index (χ1n) is 9.61. The lowest BCUT2D eigenvalue weighted by molar-refractivity contribution is 0.0783. The molecule has 0 fully saturated rings. The fraction of sp³-hybridized carbons (Fsp3) is 0.476. The molecule has 0 saturated carbocycles. The molecular weight excluding hydrogens is 388 g/mol. The van der Waals surface area contributed by atoms with Crippen molar-refractivity contribution in [3.8, 4) is 0 Å². The number of nitrogens with one attached hydrogen (secondary N) is 1. The third-order valence-electron chi connectivity index (χ3n) is 4.84. The summed E-state index contributed by atoms with van der Waals surface area (Å²) in [5, 5.41) is 18.9. The van der Waals surface area contributed by atoms with Crippen molar-refractivity contribution in [2.45, 2.75) is 62.2 Å². The molecule has 0 bridgehead atoms. The van der Waals surface area contributed by atoms with Crippen LogP contribution >= 0.6 is 23.3 Å². The molecule has 154 valence electrons. The molecule has 1 heterocycles. The Labute approximate surface area is 176 Å². The zero-order chi connectivity index (χ0) is 20.7. The van der Waals surface area contributed by atoms with Crippen molar-refractivity contribution < 1.29 is 5.11 Å². The fourth-order valence-electron chi connectivity index (χ4n) is 3.69. The van der Waals surface area contributed by atoms with Gasteiger partial charge < -0.3 is 16.2 Å². The SMILES string of the molecule is C=CNc1c2c(cc3c1CCC3)CCC2.CC(C)(O)c1ncc(SN)s1.CN. The van der Waals surface area contributed by atoms with Crippen LogP contribution in [-0.2, 0) is 31.3 Å². The fourth-order valence-corrected chi connectivity index (χ4v) is 4.88. The first-order chi connectivity index (χ1) is 13.4. The van der Waals surface area contributed by atoms with Gasteiger partial charge in [-0.05, 0) is 99.8 Å². The van der Waals surface area contributed by atoms with Crippen molar-refractivity contribution in [1.29, 1.82) is 0 Å². The van der Waals surface area contributed by atoms with Gasteiger partial charge in [0.05, 0.1) is 10.4 Å². The third-order valence-corrected chi connectivity index (χ3v) is 6.82. The van der Waals surface area contributed by atoms with Crippen LogP contribution in [0.15, 0.2) is 29.3 Å². The van der Waals surface area contributed by atoms with Crippen LogP contribution in [-0.4, -0.2) is 17.1 Å². The number of hydrogen-bond donors (Lipinski definition) is 4. The van der Waals surface area contributed by atoms with Gasteiger partial charge in [0.1, 0.15) is 10.6 Å². The molecular formula is C21H32N4OS2. The first kappa shape index (κ1) is 22.9. The largest absolute Gasteiger partial charge is 0.383 e. The van der Waals surface area contributed by atoms with Gasteiger partial charge in [0, 0.05) is 5.69 Å². The van der Waals surface area contributed by atoms with Crippen LogP contribution in [0, 0.1) is 0 Å². The molecule has 0 spiro atoms. The monoisotopic (exact) mass is 420 g/mol. The Kier molecular flexibility index (Phi) is 8.52. The highest BCUT2D eigenvalue weighted by atomic mass is 32.2. The van der Waals surface area contributed by atoms with E-state index in [-0.39, 0.29) is 0 Å². The van der Waals surface area contributed by atoms with E-state index in [9.17, 15) is 5.11 Å². The summed E-state index contributed by atoms with van der Waals surface area (Å²) in [4.78, 5) is 4.03. The lowest BCUT2D eigenvalue weighted by atomic mass is 9.99. The van der Waals surface area contributed by atoms with Gasteiger partial charge in [-0.15, -0.1) is 11.3 Å². The van der Waals surface area contributed by atoms with E-state index in [0.29, 0.717) is 5.01 Å². The molecule has 1 aromatic carbocycles. The predicted molar refractivity (Wildman–Crippen MR) is 122 cm³/mol. The van der Waals surface area contributed by atoms with Crippen LogP contribution in [0.5, 0.6) is 0 Å². The number of fused-ring (bicyclic) bond motifs is 2. The number of nitrogens with zero attached hydrogens (tertiary/aromatic N) is 1. The second-order valence-electron chi connectivity index (χ2n) is 7.24. The zero-order valence-corrected chi connectivity index (χ0v) is 18.7. The van der Waals surface area contributed by atoms with Crippen molar-refractivity contribution in [3.63, 3.8) is 0 Å². The van der Waals surface area contributed by atoms with Crippen LogP contribution in [0.25, 0.3) is 0 Å². The molecule has 2 aliphatic carbocycles. The Morgan fingerprint density at radius 2 is 1.75 bits per heavy atom. The number of hydrogen-bond acceptors (Lipinski definition) is 7. The lowest BCUT2D eigenvalue weighted by Gasteiger charge is -2.14. The highest BCUT2D eigenvalue weighted by Gasteiger charge is 2.23. The third kappa shape index (κ3) is 5.36. The predicted octanol–water partition coefficient (Wildman–Crippen LogP) is 4.13. The molecule has 0 radical (unpaired) electrons. The molecule has 5 nitrogen and oxygen atoms in total. The molecule has 0 atom stereocenters. The minimum absolute atomic E-state index is 0.699. The Balaban J connectivity index is 0.000000193. The Morgan fingerprint density at radius 1 is 1.18 bits per heavy atom. The minimum atomic E-state index is -0.849. The van der Waals surface area contributed by atoms with Crippen LogP contribution < -0.4 is 16.2 Å². The van der Waals surface area contributed by atoms with E-state index in [2.05, 4.69) is 28.7 Å². The maximum Gasteiger partial charge on any atom is 0.125 e. The van der Waals surface area contributed by atoms with Gasteiger partial charge in [-0.1, -0.05) is 12.6 Å². The van der Waals surface area contributed by atoms with Crippen LogP contribution in [0.4, 0.5) is 5.69 Å². The summed E-state index contributed by atoms with van der Waals surface area (Å²) in [6.07, 6.45) is 11.2. The summed E-state index contributed by atoms with van der Waals surface area (Å²) < 4.78 is 0.919. The van der Waals surface area contributed by atoms with E-state index in [4.69, 9.17) is 5.14 Å². The highest BCUT2D eigenvalue weighted by molar-refractivity contribution is 7.99. The number of nitrogens with two attached hydrogens (primary N) is 2. The molecule has 6 N–H and O–H groups in total. The normalized spacial score (nSPS) is 14.2. The smallest absolute Gasteiger partial charge is 0.125 e. The van der Waals surface area contributed by atoms with Crippen molar-refractivity contribution in [1.82, 2.24) is 4.98 Å². The molecule has 0 amide bonds. The molecule has 0 unspecified atom stereocenters. The van der Waals surface area contributed by atoms with Gasteiger partial charge in [-0.3, -0.25) is 5.14 Å². The summed E-state index contributed by atoms with van der Waals surface area (Å²) in [6.45, 7) is 7.21. The zero-order valence-electron chi connectivity index (χ0n) is 17.0. The Morgan fingerprint density at radius 3 is 2.14 bits per heavy atom.